The predicted octanol–water partition coefficient (Wildman–Crippen LogP) is 4.47. The van der Waals surface area contributed by atoms with Crippen molar-refractivity contribution in [2.75, 3.05) is 6.54 Å². The van der Waals surface area contributed by atoms with Crippen LogP contribution in [-0.2, 0) is 6.54 Å². The van der Waals surface area contributed by atoms with Crippen molar-refractivity contribution in [3.05, 3.63) is 34.4 Å². The van der Waals surface area contributed by atoms with Crippen molar-refractivity contribution in [2.24, 2.45) is 5.92 Å². The molecule has 3 rings (SSSR count). The molecule has 2 aromatic rings. The van der Waals surface area contributed by atoms with Crippen LogP contribution in [0.1, 0.15) is 43.0 Å². The Labute approximate surface area is 180 Å². The summed E-state index contributed by atoms with van der Waals surface area (Å²) in [6.45, 7) is 3.84. The van der Waals surface area contributed by atoms with Crippen LogP contribution in [0.3, 0.4) is 0 Å². The topological polar surface area (TPSA) is 74.5 Å². The second-order valence-electron chi connectivity index (χ2n) is 6.82. The van der Waals surface area contributed by atoms with Gasteiger partial charge in [0.2, 0.25) is 0 Å². The number of nitrogens with zero attached hydrogens (tertiary/aromatic N) is 1. The summed E-state index contributed by atoms with van der Waals surface area (Å²) in [6.07, 6.45) is 5.20. The van der Waals surface area contributed by atoms with E-state index in [2.05, 4.69) is 28.2 Å². The molecule has 0 aliphatic carbocycles. The van der Waals surface area contributed by atoms with Crippen molar-refractivity contribution in [1.29, 1.82) is 0 Å². The van der Waals surface area contributed by atoms with E-state index in [0.29, 0.717) is 11.5 Å². The SMILES string of the molecule is CCC(CCn1cc(C(=O)O)c2cccc(Br)c21)[C@H]1NCCC[C@@H]1O.Cl.Cl. The van der Waals surface area contributed by atoms with E-state index in [1.165, 1.54) is 0 Å². The molecule has 5 nitrogen and oxygen atoms in total. The van der Waals surface area contributed by atoms with Crippen LogP contribution in [0.2, 0.25) is 0 Å². The van der Waals surface area contributed by atoms with Crippen LogP contribution in [-0.4, -0.2) is 39.4 Å². The number of aromatic nitrogens is 1. The lowest BCUT2D eigenvalue weighted by molar-refractivity contribution is 0.0632. The third kappa shape index (κ3) is 5.18. The Morgan fingerprint density at radius 2 is 2.15 bits per heavy atom. The summed E-state index contributed by atoms with van der Waals surface area (Å²) < 4.78 is 2.93. The highest BCUT2D eigenvalue weighted by Gasteiger charge is 2.29. The molecule has 2 heterocycles. The molecule has 0 radical (unpaired) electrons. The van der Waals surface area contributed by atoms with Gasteiger partial charge in [0.05, 0.1) is 17.2 Å². The second-order valence-corrected chi connectivity index (χ2v) is 7.68. The third-order valence-electron chi connectivity index (χ3n) is 5.32. The number of piperidine rings is 1. The Hall–Kier alpha value is -0.790. The molecule has 8 heteroatoms. The summed E-state index contributed by atoms with van der Waals surface area (Å²) in [5.74, 6) is -0.540. The Balaban J connectivity index is 0.00000182. The molecule has 152 valence electrons. The van der Waals surface area contributed by atoms with Crippen LogP contribution in [0.15, 0.2) is 28.9 Å². The molecule has 3 atom stereocenters. The highest BCUT2D eigenvalue weighted by molar-refractivity contribution is 9.10. The van der Waals surface area contributed by atoms with Crippen molar-refractivity contribution in [2.45, 2.75) is 51.3 Å². The Morgan fingerprint density at radius 1 is 1.41 bits per heavy atom. The Kier molecular flexibility index (Phi) is 9.58. The molecule has 1 saturated heterocycles. The molecule has 1 aliphatic rings. The monoisotopic (exact) mass is 480 g/mol. The van der Waals surface area contributed by atoms with E-state index in [1.807, 2.05) is 22.8 Å². The number of hydrogen-bond donors (Lipinski definition) is 3. The summed E-state index contributed by atoms with van der Waals surface area (Å²) in [4.78, 5) is 11.6. The van der Waals surface area contributed by atoms with Gasteiger partial charge in [0.15, 0.2) is 0 Å². The maximum Gasteiger partial charge on any atom is 0.337 e. The van der Waals surface area contributed by atoms with Crippen LogP contribution in [0.25, 0.3) is 10.9 Å². The number of para-hydroxylation sites is 1. The summed E-state index contributed by atoms with van der Waals surface area (Å²) in [5.41, 5.74) is 1.26. The van der Waals surface area contributed by atoms with Crippen molar-refractivity contribution < 1.29 is 15.0 Å². The minimum atomic E-state index is -0.904. The number of aryl methyl sites for hydroxylation is 1. The number of halogens is 3. The standard InChI is InChI=1S/C19H25BrN2O3.2ClH/c1-2-12(17-16(23)7-4-9-21-17)8-10-22-11-14(19(24)25)13-5-3-6-15(20)18(13)22;;/h3,5-6,11-12,16-17,21,23H,2,4,7-10H2,1H3,(H,24,25);2*1H/t12?,16-,17+;;/m0../s1. The number of hydrogen-bond acceptors (Lipinski definition) is 3. The highest BCUT2D eigenvalue weighted by atomic mass is 79.9. The van der Waals surface area contributed by atoms with E-state index in [0.717, 1.165) is 54.1 Å². The largest absolute Gasteiger partial charge is 0.478 e. The zero-order chi connectivity index (χ0) is 18.0. The van der Waals surface area contributed by atoms with E-state index in [9.17, 15) is 15.0 Å². The second kappa shape index (κ2) is 10.7. The van der Waals surface area contributed by atoms with E-state index in [4.69, 9.17) is 0 Å². The van der Waals surface area contributed by atoms with Gasteiger partial charge in [-0.25, -0.2) is 4.79 Å². The average molecular weight is 482 g/mol. The van der Waals surface area contributed by atoms with E-state index < -0.39 is 5.97 Å². The number of rotatable bonds is 6. The van der Waals surface area contributed by atoms with Gasteiger partial charge in [0.1, 0.15) is 0 Å². The lowest BCUT2D eigenvalue weighted by Crippen LogP contribution is -2.49. The molecule has 1 aromatic carbocycles. The summed E-state index contributed by atoms with van der Waals surface area (Å²) in [6, 6.07) is 5.78. The minimum absolute atomic E-state index is 0. The van der Waals surface area contributed by atoms with Gasteiger partial charge in [-0.1, -0.05) is 25.5 Å². The van der Waals surface area contributed by atoms with Gasteiger partial charge in [-0.05, 0) is 53.7 Å². The van der Waals surface area contributed by atoms with Gasteiger partial charge >= 0.3 is 5.97 Å². The maximum absolute atomic E-state index is 11.6. The molecule has 1 aliphatic heterocycles. The summed E-state index contributed by atoms with van der Waals surface area (Å²) >= 11 is 3.55. The number of fused-ring (bicyclic) bond motifs is 1. The first-order valence-corrected chi connectivity index (χ1v) is 9.74. The number of aliphatic hydroxyl groups is 1. The normalized spacial score (nSPS) is 20.6. The van der Waals surface area contributed by atoms with Crippen LogP contribution < -0.4 is 5.32 Å². The zero-order valence-corrected chi connectivity index (χ0v) is 18.4. The van der Waals surface area contributed by atoms with Gasteiger partial charge in [0.25, 0.3) is 0 Å². The van der Waals surface area contributed by atoms with E-state index in [-0.39, 0.29) is 37.0 Å². The first-order valence-electron chi connectivity index (χ1n) is 8.95. The molecule has 1 unspecified atom stereocenters. The smallest absolute Gasteiger partial charge is 0.337 e. The molecule has 27 heavy (non-hydrogen) atoms. The maximum atomic E-state index is 11.6. The lowest BCUT2D eigenvalue weighted by atomic mass is 9.86. The number of aliphatic hydroxyl groups excluding tert-OH is 1. The molecule has 0 amide bonds. The van der Waals surface area contributed by atoms with Crippen molar-refractivity contribution >= 4 is 57.6 Å². The number of benzene rings is 1. The zero-order valence-electron chi connectivity index (χ0n) is 15.2. The van der Waals surface area contributed by atoms with Gasteiger partial charge in [0, 0.05) is 28.6 Å². The fourth-order valence-corrected chi connectivity index (χ4v) is 4.57. The first kappa shape index (κ1) is 24.2. The molecular weight excluding hydrogens is 455 g/mol. The summed E-state index contributed by atoms with van der Waals surface area (Å²) in [7, 11) is 0. The molecule has 1 aromatic heterocycles. The van der Waals surface area contributed by atoms with E-state index in [1.54, 1.807) is 6.20 Å². The molecular formula is C19H27BrCl2N2O3. The molecule has 0 bridgehead atoms. The number of carboxylic acid groups (broad SMARTS) is 1. The number of nitrogens with one attached hydrogen (secondary N) is 1. The van der Waals surface area contributed by atoms with Crippen molar-refractivity contribution in [3.8, 4) is 0 Å². The van der Waals surface area contributed by atoms with Gasteiger partial charge in [-0.2, -0.15) is 0 Å². The number of aromatic carboxylic acids is 1. The average Bonchev–Trinajstić information content (AvgIpc) is 2.97. The third-order valence-corrected chi connectivity index (χ3v) is 5.96. The molecule has 0 spiro atoms. The Morgan fingerprint density at radius 3 is 2.78 bits per heavy atom. The van der Waals surface area contributed by atoms with Crippen LogP contribution in [0.5, 0.6) is 0 Å². The van der Waals surface area contributed by atoms with Crippen LogP contribution >= 0.6 is 40.7 Å². The van der Waals surface area contributed by atoms with Crippen molar-refractivity contribution in [1.82, 2.24) is 9.88 Å². The van der Waals surface area contributed by atoms with Crippen molar-refractivity contribution in [3.63, 3.8) is 0 Å². The lowest BCUT2D eigenvalue weighted by Gasteiger charge is -2.35. The van der Waals surface area contributed by atoms with Gasteiger partial charge in [-0.3, -0.25) is 0 Å². The number of carboxylic acids is 1. The van der Waals surface area contributed by atoms with Crippen LogP contribution in [0, 0.1) is 5.92 Å². The van der Waals surface area contributed by atoms with Crippen LogP contribution in [0.4, 0.5) is 0 Å². The van der Waals surface area contributed by atoms with Gasteiger partial charge in [-0.15, -0.1) is 24.8 Å². The first-order chi connectivity index (χ1) is 12.0. The fourth-order valence-electron chi connectivity index (χ4n) is 3.98. The van der Waals surface area contributed by atoms with E-state index >= 15 is 0 Å². The fraction of sp³-hybridized carbons (Fsp3) is 0.526. The molecule has 0 saturated carbocycles. The quantitative estimate of drug-likeness (QED) is 0.568. The highest BCUT2D eigenvalue weighted by Crippen LogP contribution is 2.30. The predicted molar refractivity (Wildman–Crippen MR) is 117 cm³/mol. The Bertz CT molecular complexity index is 769. The minimum Gasteiger partial charge on any atom is -0.478 e. The van der Waals surface area contributed by atoms with Gasteiger partial charge < -0.3 is 20.1 Å². The molecule has 1 fully saturated rings. The number of carbonyl (C=O) groups is 1. The molecule has 3 N–H and O–H groups in total. The summed E-state index contributed by atoms with van der Waals surface area (Å²) in [5, 5.41) is 24.0.